The molecular weight excluding hydrogens is 152 g/mol. The van der Waals surface area contributed by atoms with Crippen molar-refractivity contribution in [2.45, 2.75) is 32.6 Å². The minimum Gasteiger partial charge on any atom is -0.481 e. The molecule has 0 radical (unpaired) electrons. The molecule has 1 N–H and O–H groups in total. The molecule has 2 nitrogen and oxygen atoms in total. The highest BCUT2D eigenvalue weighted by Gasteiger charge is 2.30. The quantitative estimate of drug-likeness (QED) is 0.643. The fourth-order valence-corrected chi connectivity index (χ4v) is 2.02. The van der Waals surface area contributed by atoms with Crippen LogP contribution in [0.1, 0.15) is 32.6 Å². The summed E-state index contributed by atoms with van der Waals surface area (Å²) in [6, 6.07) is 0. The number of hydrogen-bond acceptors (Lipinski definition) is 1. The standard InChI is InChI=1S/C10H16O2/c1-7(2)8-5-3-4-6-9(8)10(11)12/h8-9H,1,3-6H2,2H3,(H,11,12). The summed E-state index contributed by atoms with van der Waals surface area (Å²) in [5.74, 6) is -0.602. The van der Waals surface area contributed by atoms with E-state index in [2.05, 4.69) is 6.58 Å². The number of carbonyl (C=O) groups is 1. The molecule has 2 unspecified atom stereocenters. The molecule has 0 aliphatic heterocycles. The smallest absolute Gasteiger partial charge is 0.307 e. The molecule has 0 spiro atoms. The average molecular weight is 168 g/mol. The predicted molar refractivity (Wildman–Crippen MR) is 47.9 cm³/mol. The molecule has 0 bridgehead atoms. The molecule has 0 aromatic heterocycles. The summed E-state index contributed by atoms with van der Waals surface area (Å²) in [6.07, 6.45) is 4.04. The Morgan fingerprint density at radius 2 is 1.83 bits per heavy atom. The molecule has 0 amide bonds. The first-order valence-corrected chi connectivity index (χ1v) is 4.51. The van der Waals surface area contributed by atoms with Gasteiger partial charge in [-0.2, -0.15) is 0 Å². The Morgan fingerprint density at radius 3 is 2.17 bits per heavy atom. The van der Waals surface area contributed by atoms with Gasteiger partial charge < -0.3 is 5.11 Å². The molecular formula is C10H16O2. The van der Waals surface area contributed by atoms with Gasteiger partial charge in [0.1, 0.15) is 0 Å². The Labute approximate surface area is 73.3 Å². The lowest BCUT2D eigenvalue weighted by Gasteiger charge is -2.28. The van der Waals surface area contributed by atoms with Crippen molar-refractivity contribution in [3.63, 3.8) is 0 Å². The van der Waals surface area contributed by atoms with Crippen LogP contribution in [0.5, 0.6) is 0 Å². The summed E-state index contributed by atoms with van der Waals surface area (Å²) >= 11 is 0. The Kier molecular flexibility index (Phi) is 2.90. The normalized spacial score (nSPS) is 29.8. The first kappa shape index (κ1) is 9.30. The fourth-order valence-electron chi connectivity index (χ4n) is 2.02. The van der Waals surface area contributed by atoms with E-state index in [0.717, 1.165) is 31.3 Å². The van der Waals surface area contributed by atoms with Crippen LogP contribution < -0.4 is 0 Å². The number of allylic oxidation sites excluding steroid dienone is 1. The topological polar surface area (TPSA) is 37.3 Å². The summed E-state index contributed by atoms with van der Waals surface area (Å²) < 4.78 is 0. The van der Waals surface area contributed by atoms with Gasteiger partial charge in [-0.15, -0.1) is 0 Å². The molecule has 1 aliphatic rings. The number of carboxylic acid groups (broad SMARTS) is 1. The van der Waals surface area contributed by atoms with Gasteiger partial charge in [0.15, 0.2) is 0 Å². The average Bonchev–Trinajstić information content (AvgIpc) is 2.04. The van der Waals surface area contributed by atoms with Crippen molar-refractivity contribution in [1.82, 2.24) is 0 Å². The number of aliphatic carboxylic acids is 1. The minimum atomic E-state index is -0.650. The third kappa shape index (κ3) is 1.87. The summed E-state index contributed by atoms with van der Waals surface area (Å²) in [5, 5.41) is 8.92. The van der Waals surface area contributed by atoms with Crippen LogP contribution in [0.15, 0.2) is 12.2 Å². The maximum Gasteiger partial charge on any atom is 0.307 e. The van der Waals surface area contributed by atoms with Crippen LogP contribution in [-0.4, -0.2) is 11.1 Å². The molecule has 0 aromatic rings. The van der Waals surface area contributed by atoms with Crippen molar-refractivity contribution in [3.05, 3.63) is 12.2 Å². The van der Waals surface area contributed by atoms with Crippen molar-refractivity contribution < 1.29 is 9.90 Å². The van der Waals surface area contributed by atoms with Gasteiger partial charge in [0.25, 0.3) is 0 Å². The van der Waals surface area contributed by atoms with Gasteiger partial charge in [-0.05, 0) is 25.7 Å². The molecule has 0 aromatic carbocycles. The number of carboxylic acids is 1. The van der Waals surface area contributed by atoms with E-state index in [9.17, 15) is 4.79 Å². The van der Waals surface area contributed by atoms with E-state index in [4.69, 9.17) is 5.11 Å². The lowest BCUT2D eigenvalue weighted by molar-refractivity contribution is -0.144. The first-order valence-electron chi connectivity index (χ1n) is 4.51. The highest BCUT2D eigenvalue weighted by molar-refractivity contribution is 5.71. The Hall–Kier alpha value is -0.790. The molecule has 2 heteroatoms. The van der Waals surface area contributed by atoms with Gasteiger partial charge in [0.2, 0.25) is 0 Å². The zero-order chi connectivity index (χ0) is 9.14. The predicted octanol–water partition coefficient (Wildman–Crippen LogP) is 2.45. The van der Waals surface area contributed by atoms with Gasteiger partial charge in [-0.25, -0.2) is 0 Å². The highest BCUT2D eigenvalue weighted by atomic mass is 16.4. The van der Waals surface area contributed by atoms with Gasteiger partial charge in [-0.1, -0.05) is 25.0 Å². The maximum absolute atomic E-state index is 10.8. The van der Waals surface area contributed by atoms with Gasteiger partial charge in [0.05, 0.1) is 5.92 Å². The summed E-state index contributed by atoms with van der Waals surface area (Å²) in [4.78, 5) is 10.8. The van der Waals surface area contributed by atoms with Crippen molar-refractivity contribution in [3.8, 4) is 0 Å². The fraction of sp³-hybridized carbons (Fsp3) is 0.700. The second-order valence-electron chi connectivity index (χ2n) is 3.68. The van der Waals surface area contributed by atoms with Crippen LogP contribution in [0.4, 0.5) is 0 Å². The van der Waals surface area contributed by atoms with E-state index >= 15 is 0 Å². The first-order chi connectivity index (χ1) is 5.63. The van der Waals surface area contributed by atoms with E-state index in [0.29, 0.717) is 0 Å². The third-order valence-corrected chi connectivity index (χ3v) is 2.72. The van der Waals surface area contributed by atoms with Crippen LogP contribution in [0.25, 0.3) is 0 Å². The van der Waals surface area contributed by atoms with E-state index in [1.807, 2.05) is 6.92 Å². The van der Waals surface area contributed by atoms with Crippen molar-refractivity contribution in [2.24, 2.45) is 11.8 Å². The highest BCUT2D eigenvalue weighted by Crippen LogP contribution is 2.34. The second-order valence-corrected chi connectivity index (χ2v) is 3.68. The Bertz CT molecular complexity index is 174. The second kappa shape index (κ2) is 3.74. The number of hydrogen-bond donors (Lipinski definition) is 1. The molecule has 1 fully saturated rings. The van der Waals surface area contributed by atoms with Gasteiger partial charge in [-0.3, -0.25) is 4.79 Å². The third-order valence-electron chi connectivity index (χ3n) is 2.72. The lowest BCUT2D eigenvalue weighted by Crippen LogP contribution is -2.27. The molecule has 68 valence electrons. The van der Waals surface area contributed by atoms with E-state index < -0.39 is 5.97 Å². The van der Waals surface area contributed by atoms with Crippen LogP contribution in [0, 0.1) is 11.8 Å². The molecule has 0 saturated heterocycles. The summed E-state index contributed by atoms with van der Waals surface area (Å²) in [6.45, 7) is 5.78. The van der Waals surface area contributed by atoms with Crippen LogP contribution in [-0.2, 0) is 4.79 Å². The largest absolute Gasteiger partial charge is 0.481 e. The molecule has 1 aliphatic carbocycles. The van der Waals surface area contributed by atoms with E-state index in [1.165, 1.54) is 0 Å². The maximum atomic E-state index is 10.8. The van der Waals surface area contributed by atoms with Crippen LogP contribution >= 0.6 is 0 Å². The van der Waals surface area contributed by atoms with Crippen molar-refractivity contribution >= 4 is 5.97 Å². The minimum absolute atomic E-state index is 0.170. The lowest BCUT2D eigenvalue weighted by atomic mass is 9.76. The van der Waals surface area contributed by atoms with E-state index in [-0.39, 0.29) is 11.8 Å². The zero-order valence-corrected chi connectivity index (χ0v) is 7.55. The van der Waals surface area contributed by atoms with Crippen LogP contribution in [0.2, 0.25) is 0 Å². The molecule has 2 atom stereocenters. The van der Waals surface area contributed by atoms with Crippen molar-refractivity contribution in [1.29, 1.82) is 0 Å². The van der Waals surface area contributed by atoms with E-state index in [1.54, 1.807) is 0 Å². The van der Waals surface area contributed by atoms with Crippen LogP contribution in [0.3, 0.4) is 0 Å². The molecule has 0 heterocycles. The SMILES string of the molecule is C=C(C)C1CCCCC1C(=O)O. The molecule has 1 saturated carbocycles. The zero-order valence-electron chi connectivity index (χ0n) is 7.55. The monoisotopic (exact) mass is 168 g/mol. The van der Waals surface area contributed by atoms with Gasteiger partial charge in [0, 0.05) is 0 Å². The Balaban J connectivity index is 2.67. The van der Waals surface area contributed by atoms with Gasteiger partial charge >= 0.3 is 5.97 Å². The number of rotatable bonds is 2. The molecule has 1 rings (SSSR count). The van der Waals surface area contributed by atoms with Crippen molar-refractivity contribution in [2.75, 3.05) is 0 Å². The summed E-state index contributed by atoms with van der Waals surface area (Å²) in [7, 11) is 0. The summed E-state index contributed by atoms with van der Waals surface area (Å²) in [5.41, 5.74) is 1.03. The molecule has 12 heavy (non-hydrogen) atoms. The Morgan fingerprint density at radius 1 is 1.33 bits per heavy atom.